The molecule has 1 atom stereocenters. The lowest BCUT2D eigenvalue weighted by Crippen LogP contribution is -2.33. The molecule has 0 bridgehead atoms. The van der Waals surface area contributed by atoms with E-state index in [1.807, 2.05) is 24.3 Å². The number of benzene rings is 1. The average Bonchev–Trinajstić information content (AvgIpc) is 2.76. The van der Waals surface area contributed by atoms with Crippen LogP contribution in [-0.4, -0.2) is 17.9 Å². The van der Waals surface area contributed by atoms with Gasteiger partial charge in [-0.2, -0.15) is 0 Å². The van der Waals surface area contributed by atoms with E-state index in [1.54, 1.807) is 0 Å². The molecule has 1 fully saturated rings. The molecule has 0 radical (unpaired) electrons. The zero-order chi connectivity index (χ0) is 15.5. The molecule has 21 heavy (non-hydrogen) atoms. The number of hydrogen-bond donors (Lipinski definition) is 2. The van der Waals surface area contributed by atoms with E-state index in [2.05, 4.69) is 24.5 Å². The Hall–Kier alpha value is -1.84. The fourth-order valence-electron chi connectivity index (χ4n) is 2.83. The number of rotatable bonds is 4. The number of carbonyl (C=O) groups is 2. The molecule has 0 aromatic heterocycles. The summed E-state index contributed by atoms with van der Waals surface area (Å²) in [6.07, 6.45) is 3.26. The van der Waals surface area contributed by atoms with Crippen molar-refractivity contribution < 1.29 is 9.59 Å². The molecule has 1 aliphatic carbocycles. The van der Waals surface area contributed by atoms with Crippen molar-refractivity contribution in [3.05, 3.63) is 35.4 Å². The summed E-state index contributed by atoms with van der Waals surface area (Å²) in [6, 6.07) is 7.66. The highest BCUT2D eigenvalue weighted by molar-refractivity contribution is 5.94. The third-order valence-electron chi connectivity index (χ3n) is 4.06. The highest BCUT2D eigenvalue weighted by Crippen LogP contribution is 2.36. The zero-order valence-electron chi connectivity index (χ0n) is 13.0. The van der Waals surface area contributed by atoms with Gasteiger partial charge in [0, 0.05) is 25.1 Å². The second-order valence-corrected chi connectivity index (χ2v) is 6.68. The van der Waals surface area contributed by atoms with E-state index >= 15 is 0 Å². The van der Waals surface area contributed by atoms with Gasteiger partial charge in [0.1, 0.15) is 0 Å². The van der Waals surface area contributed by atoms with E-state index in [0.717, 1.165) is 24.8 Å². The van der Waals surface area contributed by atoms with E-state index in [4.69, 9.17) is 0 Å². The summed E-state index contributed by atoms with van der Waals surface area (Å²) in [5, 5.41) is 5.85. The predicted octanol–water partition coefficient (Wildman–Crippen LogP) is 2.63. The number of amides is 2. The molecule has 0 aliphatic heterocycles. The molecule has 2 amide bonds. The predicted molar refractivity (Wildman–Crippen MR) is 82.8 cm³/mol. The monoisotopic (exact) mass is 288 g/mol. The van der Waals surface area contributed by atoms with Gasteiger partial charge < -0.3 is 10.6 Å². The van der Waals surface area contributed by atoms with Crippen molar-refractivity contribution in [1.29, 1.82) is 0 Å². The van der Waals surface area contributed by atoms with Crippen molar-refractivity contribution >= 4 is 11.8 Å². The van der Waals surface area contributed by atoms with Crippen LogP contribution in [0.4, 0.5) is 0 Å². The Labute approximate surface area is 126 Å². The highest BCUT2D eigenvalue weighted by Gasteiger charge is 2.31. The van der Waals surface area contributed by atoms with Gasteiger partial charge in [0.25, 0.3) is 5.91 Å². The number of nitrogens with one attached hydrogen (secondary N) is 2. The molecule has 1 saturated carbocycles. The van der Waals surface area contributed by atoms with Gasteiger partial charge >= 0.3 is 0 Å². The van der Waals surface area contributed by atoms with E-state index in [9.17, 15) is 9.59 Å². The summed E-state index contributed by atoms with van der Waals surface area (Å²) in [6.45, 7) is 6.48. The minimum atomic E-state index is -0.0549. The summed E-state index contributed by atoms with van der Waals surface area (Å²) in [5.74, 6) is -0.0653. The number of carbonyl (C=O) groups excluding carboxylic acids is 2. The van der Waals surface area contributed by atoms with E-state index in [0.29, 0.717) is 17.5 Å². The molecule has 0 heterocycles. The first kappa shape index (κ1) is 15.5. The fraction of sp³-hybridized carbons (Fsp3) is 0.529. The molecule has 4 nitrogen and oxygen atoms in total. The van der Waals surface area contributed by atoms with Gasteiger partial charge in [0.15, 0.2) is 0 Å². The summed E-state index contributed by atoms with van der Waals surface area (Å²) < 4.78 is 0. The summed E-state index contributed by atoms with van der Waals surface area (Å²) in [5.41, 5.74) is 2.00. The SMILES string of the molecule is CC(=O)NCc1ccc(C(=O)NC2CCC(C)(C)C2)cc1. The zero-order valence-corrected chi connectivity index (χ0v) is 13.0. The van der Waals surface area contributed by atoms with E-state index in [-0.39, 0.29) is 17.9 Å². The van der Waals surface area contributed by atoms with Gasteiger partial charge in [-0.25, -0.2) is 0 Å². The van der Waals surface area contributed by atoms with Gasteiger partial charge in [-0.15, -0.1) is 0 Å². The van der Waals surface area contributed by atoms with Crippen LogP contribution in [0.5, 0.6) is 0 Å². The second-order valence-electron chi connectivity index (χ2n) is 6.68. The maximum Gasteiger partial charge on any atom is 0.251 e. The number of hydrogen-bond acceptors (Lipinski definition) is 2. The maximum absolute atomic E-state index is 12.2. The first-order valence-electron chi connectivity index (χ1n) is 7.50. The molecule has 1 aromatic carbocycles. The molecule has 2 rings (SSSR count). The maximum atomic E-state index is 12.2. The lowest BCUT2D eigenvalue weighted by molar-refractivity contribution is -0.119. The van der Waals surface area contributed by atoms with Gasteiger partial charge in [-0.3, -0.25) is 9.59 Å². The highest BCUT2D eigenvalue weighted by atomic mass is 16.2. The summed E-state index contributed by atoms with van der Waals surface area (Å²) >= 11 is 0. The third kappa shape index (κ3) is 4.59. The van der Waals surface area contributed by atoms with Crippen molar-refractivity contribution in [2.75, 3.05) is 0 Å². The van der Waals surface area contributed by atoms with Crippen molar-refractivity contribution in [1.82, 2.24) is 10.6 Å². The van der Waals surface area contributed by atoms with E-state index in [1.165, 1.54) is 6.92 Å². The second kappa shape index (κ2) is 6.29. The Balaban J connectivity index is 1.89. The van der Waals surface area contributed by atoms with Crippen LogP contribution in [-0.2, 0) is 11.3 Å². The molecule has 0 saturated heterocycles. The molecule has 4 heteroatoms. The van der Waals surface area contributed by atoms with Gasteiger partial charge in [0.2, 0.25) is 5.91 Å². The fourth-order valence-corrected chi connectivity index (χ4v) is 2.83. The van der Waals surface area contributed by atoms with Crippen molar-refractivity contribution in [3.8, 4) is 0 Å². The first-order valence-corrected chi connectivity index (χ1v) is 7.50. The molecular formula is C17H24N2O2. The summed E-state index contributed by atoms with van der Waals surface area (Å²) in [7, 11) is 0. The molecule has 1 unspecified atom stereocenters. The van der Waals surface area contributed by atoms with Gasteiger partial charge in [-0.05, 0) is 42.4 Å². The lowest BCUT2D eigenvalue weighted by atomic mass is 9.92. The van der Waals surface area contributed by atoms with Crippen LogP contribution in [0.3, 0.4) is 0 Å². The first-order chi connectivity index (χ1) is 9.85. The van der Waals surface area contributed by atoms with Crippen molar-refractivity contribution in [3.63, 3.8) is 0 Å². The van der Waals surface area contributed by atoms with Crippen LogP contribution in [0.25, 0.3) is 0 Å². The molecular weight excluding hydrogens is 264 g/mol. The standard InChI is InChI=1S/C17H24N2O2/c1-12(20)18-11-13-4-6-14(7-5-13)16(21)19-15-8-9-17(2,3)10-15/h4-7,15H,8-11H2,1-3H3,(H,18,20)(H,19,21). The Morgan fingerprint density at radius 1 is 1.24 bits per heavy atom. The quantitative estimate of drug-likeness (QED) is 0.895. The molecule has 1 aromatic rings. The average molecular weight is 288 g/mol. The van der Waals surface area contributed by atoms with Crippen LogP contribution in [0.1, 0.15) is 56.0 Å². The Kier molecular flexibility index (Phi) is 4.66. The largest absolute Gasteiger partial charge is 0.352 e. The van der Waals surface area contributed by atoms with Gasteiger partial charge in [-0.1, -0.05) is 26.0 Å². The lowest BCUT2D eigenvalue weighted by Gasteiger charge is -2.18. The van der Waals surface area contributed by atoms with E-state index < -0.39 is 0 Å². The van der Waals surface area contributed by atoms with Gasteiger partial charge in [0.05, 0.1) is 0 Å². The van der Waals surface area contributed by atoms with Crippen LogP contribution < -0.4 is 10.6 Å². The van der Waals surface area contributed by atoms with Crippen LogP contribution in [0, 0.1) is 5.41 Å². The Bertz CT molecular complexity index is 520. The topological polar surface area (TPSA) is 58.2 Å². The van der Waals surface area contributed by atoms with Crippen LogP contribution >= 0.6 is 0 Å². The molecule has 114 valence electrons. The van der Waals surface area contributed by atoms with Crippen LogP contribution in [0.15, 0.2) is 24.3 Å². The van der Waals surface area contributed by atoms with Crippen molar-refractivity contribution in [2.45, 2.75) is 52.6 Å². The minimum absolute atomic E-state index is 0.0104. The minimum Gasteiger partial charge on any atom is -0.352 e. The van der Waals surface area contributed by atoms with Crippen LogP contribution in [0.2, 0.25) is 0 Å². The Morgan fingerprint density at radius 2 is 1.90 bits per heavy atom. The summed E-state index contributed by atoms with van der Waals surface area (Å²) in [4.78, 5) is 23.1. The molecule has 1 aliphatic rings. The molecule has 2 N–H and O–H groups in total. The third-order valence-corrected chi connectivity index (χ3v) is 4.06. The Morgan fingerprint density at radius 3 is 2.43 bits per heavy atom. The normalized spacial score (nSPS) is 20.0. The smallest absolute Gasteiger partial charge is 0.251 e. The molecule has 0 spiro atoms. The van der Waals surface area contributed by atoms with Crippen molar-refractivity contribution in [2.24, 2.45) is 5.41 Å².